The van der Waals surface area contributed by atoms with Crippen LogP contribution in [0.3, 0.4) is 0 Å². The molecule has 0 saturated carbocycles. The fourth-order valence-corrected chi connectivity index (χ4v) is 3.63. The van der Waals surface area contributed by atoms with Gasteiger partial charge in [0.2, 0.25) is 0 Å². The van der Waals surface area contributed by atoms with Gasteiger partial charge in [-0.2, -0.15) is 0 Å². The summed E-state index contributed by atoms with van der Waals surface area (Å²) in [4.78, 5) is 23.5. The Balaban J connectivity index is 1.52. The average molecular weight is 347 g/mol. The molecule has 26 heavy (non-hydrogen) atoms. The van der Waals surface area contributed by atoms with Crippen LogP contribution in [0.2, 0.25) is 0 Å². The minimum atomic E-state index is 0.112. The van der Waals surface area contributed by atoms with E-state index in [1.54, 1.807) is 13.4 Å². The van der Waals surface area contributed by atoms with E-state index in [-0.39, 0.29) is 5.91 Å². The summed E-state index contributed by atoms with van der Waals surface area (Å²) in [6, 6.07) is 15.4. The Labute approximate surface area is 152 Å². The fourth-order valence-electron chi connectivity index (χ4n) is 3.63. The lowest BCUT2D eigenvalue weighted by molar-refractivity contribution is 0.0712. The van der Waals surface area contributed by atoms with Crippen LogP contribution in [0.5, 0.6) is 5.75 Å². The summed E-state index contributed by atoms with van der Waals surface area (Å²) in [6.45, 7) is 1.50. The smallest absolute Gasteiger partial charge is 0.253 e. The van der Waals surface area contributed by atoms with Crippen molar-refractivity contribution in [1.82, 2.24) is 14.9 Å². The zero-order valence-corrected chi connectivity index (χ0v) is 14.8. The third kappa shape index (κ3) is 3.12. The number of nitrogens with zero attached hydrogens (tertiary/aromatic N) is 3. The van der Waals surface area contributed by atoms with E-state index in [2.05, 4.69) is 9.97 Å². The van der Waals surface area contributed by atoms with Crippen LogP contribution in [-0.4, -0.2) is 41.0 Å². The third-order valence-corrected chi connectivity index (χ3v) is 5.06. The van der Waals surface area contributed by atoms with Crippen LogP contribution in [0.4, 0.5) is 0 Å². The van der Waals surface area contributed by atoms with Gasteiger partial charge in [0.1, 0.15) is 12.1 Å². The highest BCUT2D eigenvalue weighted by atomic mass is 16.5. The number of methoxy groups -OCH3 is 1. The normalized spacial score (nSPS) is 15.2. The van der Waals surface area contributed by atoms with Crippen molar-refractivity contribution in [2.45, 2.75) is 18.8 Å². The van der Waals surface area contributed by atoms with Gasteiger partial charge in [0, 0.05) is 36.0 Å². The SMILES string of the molecule is COc1ccc2c(C3CCN(C(=O)c4ccccc4)CC3)ncnc2c1. The number of piperidine rings is 1. The van der Waals surface area contributed by atoms with E-state index < -0.39 is 0 Å². The van der Waals surface area contributed by atoms with Gasteiger partial charge in [0.25, 0.3) is 5.91 Å². The number of amides is 1. The van der Waals surface area contributed by atoms with Crippen molar-refractivity contribution in [3.63, 3.8) is 0 Å². The highest BCUT2D eigenvalue weighted by molar-refractivity contribution is 5.94. The number of likely N-dealkylation sites (tertiary alicyclic amines) is 1. The molecular weight excluding hydrogens is 326 g/mol. The van der Waals surface area contributed by atoms with Crippen LogP contribution >= 0.6 is 0 Å². The van der Waals surface area contributed by atoms with Crippen molar-refractivity contribution in [2.75, 3.05) is 20.2 Å². The molecule has 1 saturated heterocycles. The Morgan fingerprint density at radius 1 is 1.08 bits per heavy atom. The molecule has 0 radical (unpaired) electrons. The van der Waals surface area contributed by atoms with E-state index in [0.717, 1.165) is 53.8 Å². The van der Waals surface area contributed by atoms with E-state index in [1.165, 1.54) is 0 Å². The number of hydrogen-bond acceptors (Lipinski definition) is 4. The molecule has 1 amide bonds. The van der Waals surface area contributed by atoms with Crippen LogP contribution < -0.4 is 4.74 Å². The lowest BCUT2D eigenvalue weighted by atomic mass is 9.90. The average Bonchev–Trinajstić information content (AvgIpc) is 2.73. The number of ether oxygens (including phenoxy) is 1. The number of fused-ring (bicyclic) bond motifs is 1. The molecule has 1 aromatic heterocycles. The first-order chi connectivity index (χ1) is 12.8. The minimum absolute atomic E-state index is 0.112. The maximum atomic E-state index is 12.6. The number of carbonyl (C=O) groups excluding carboxylic acids is 1. The van der Waals surface area contributed by atoms with Crippen molar-refractivity contribution < 1.29 is 9.53 Å². The predicted octanol–water partition coefficient (Wildman–Crippen LogP) is 3.66. The molecule has 0 aliphatic carbocycles. The summed E-state index contributed by atoms with van der Waals surface area (Å²) in [5.74, 6) is 1.25. The second-order valence-electron chi connectivity index (χ2n) is 6.57. The van der Waals surface area contributed by atoms with Gasteiger partial charge in [-0.3, -0.25) is 4.79 Å². The highest BCUT2D eigenvalue weighted by Crippen LogP contribution is 2.32. The molecule has 5 heteroatoms. The van der Waals surface area contributed by atoms with Crippen LogP contribution in [0.15, 0.2) is 54.9 Å². The van der Waals surface area contributed by atoms with Crippen LogP contribution in [-0.2, 0) is 0 Å². The van der Waals surface area contributed by atoms with Gasteiger partial charge in [0.05, 0.1) is 18.3 Å². The highest BCUT2D eigenvalue weighted by Gasteiger charge is 2.26. The zero-order chi connectivity index (χ0) is 17.9. The van der Waals surface area contributed by atoms with Crippen molar-refractivity contribution in [3.8, 4) is 5.75 Å². The standard InChI is InChI=1S/C21H21N3O2/c1-26-17-7-8-18-19(13-17)22-14-23-20(18)15-9-11-24(12-10-15)21(25)16-5-3-2-4-6-16/h2-8,13-15H,9-12H2,1H3. The number of carbonyl (C=O) groups is 1. The van der Waals surface area contributed by atoms with Crippen LogP contribution in [0, 0.1) is 0 Å². The first-order valence-corrected chi connectivity index (χ1v) is 8.89. The molecule has 5 nitrogen and oxygen atoms in total. The molecule has 1 aliphatic rings. The van der Waals surface area contributed by atoms with E-state index in [9.17, 15) is 4.79 Å². The largest absolute Gasteiger partial charge is 0.497 e. The van der Waals surface area contributed by atoms with Gasteiger partial charge >= 0.3 is 0 Å². The third-order valence-electron chi connectivity index (χ3n) is 5.06. The molecule has 0 N–H and O–H groups in total. The van der Waals surface area contributed by atoms with Crippen molar-refractivity contribution in [2.24, 2.45) is 0 Å². The Hall–Kier alpha value is -2.95. The molecule has 4 rings (SSSR count). The zero-order valence-electron chi connectivity index (χ0n) is 14.8. The van der Waals surface area contributed by atoms with Gasteiger partial charge in [-0.15, -0.1) is 0 Å². The summed E-state index contributed by atoms with van der Waals surface area (Å²) in [6.07, 6.45) is 3.45. The van der Waals surface area contributed by atoms with Crippen LogP contribution in [0.1, 0.15) is 34.8 Å². The molecular formula is C21H21N3O2. The lowest BCUT2D eigenvalue weighted by Crippen LogP contribution is -2.38. The van der Waals surface area contributed by atoms with Gasteiger partial charge in [-0.1, -0.05) is 18.2 Å². The maximum absolute atomic E-state index is 12.6. The van der Waals surface area contributed by atoms with E-state index in [4.69, 9.17) is 4.74 Å². The number of benzene rings is 2. The molecule has 2 heterocycles. The quantitative estimate of drug-likeness (QED) is 0.725. The first kappa shape index (κ1) is 16.5. The second-order valence-corrected chi connectivity index (χ2v) is 6.57. The molecule has 0 unspecified atom stereocenters. The topological polar surface area (TPSA) is 55.3 Å². The summed E-state index contributed by atoms with van der Waals surface area (Å²) in [5, 5.41) is 1.07. The van der Waals surface area contributed by atoms with E-state index in [1.807, 2.05) is 53.4 Å². The fraction of sp³-hybridized carbons (Fsp3) is 0.286. The molecule has 2 aromatic carbocycles. The summed E-state index contributed by atoms with van der Waals surface area (Å²) in [5.41, 5.74) is 2.73. The summed E-state index contributed by atoms with van der Waals surface area (Å²) < 4.78 is 5.29. The molecule has 0 atom stereocenters. The predicted molar refractivity (Wildman–Crippen MR) is 100 cm³/mol. The van der Waals surface area contributed by atoms with E-state index in [0.29, 0.717) is 5.92 Å². The maximum Gasteiger partial charge on any atom is 0.253 e. The summed E-state index contributed by atoms with van der Waals surface area (Å²) in [7, 11) is 1.66. The van der Waals surface area contributed by atoms with Crippen molar-refractivity contribution >= 4 is 16.8 Å². The molecule has 1 fully saturated rings. The van der Waals surface area contributed by atoms with Gasteiger partial charge < -0.3 is 9.64 Å². The van der Waals surface area contributed by atoms with Crippen molar-refractivity contribution in [3.05, 3.63) is 66.1 Å². The first-order valence-electron chi connectivity index (χ1n) is 8.89. The molecule has 0 bridgehead atoms. The van der Waals surface area contributed by atoms with E-state index >= 15 is 0 Å². The molecule has 1 aliphatic heterocycles. The number of hydrogen-bond donors (Lipinski definition) is 0. The Morgan fingerprint density at radius 3 is 2.58 bits per heavy atom. The summed E-state index contributed by atoms with van der Waals surface area (Å²) >= 11 is 0. The monoisotopic (exact) mass is 347 g/mol. The Kier molecular flexibility index (Phi) is 4.52. The van der Waals surface area contributed by atoms with Crippen LogP contribution in [0.25, 0.3) is 10.9 Å². The second kappa shape index (κ2) is 7.12. The van der Waals surface area contributed by atoms with Gasteiger partial charge in [-0.05, 0) is 37.1 Å². The lowest BCUT2D eigenvalue weighted by Gasteiger charge is -2.32. The number of rotatable bonds is 3. The minimum Gasteiger partial charge on any atom is -0.497 e. The number of aromatic nitrogens is 2. The molecule has 3 aromatic rings. The van der Waals surface area contributed by atoms with Gasteiger partial charge in [-0.25, -0.2) is 9.97 Å². The van der Waals surface area contributed by atoms with Crippen molar-refractivity contribution in [1.29, 1.82) is 0 Å². The molecule has 0 spiro atoms. The Morgan fingerprint density at radius 2 is 1.85 bits per heavy atom. The van der Waals surface area contributed by atoms with Gasteiger partial charge in [0.15, 0.2) is 0 Å². The molecule has 132 valence electrons. The Bertz CT molecular complexity index is 919.